The summed E-state index contributed by atoms with van der Waals surface area (Å²) in [5, 5.41) is 23.4. The summed E-state index contributed by atoms with van der Waals surface area (Å²) in [6, 6.07) is 11.3. The molecule has 8 heteroatoms. The number of nitro benzene ring substituents is 1. The maximum absolute atomic E-state index is 13.2. The molecule has 0 unspecified atom stereocenters. The van der Waals surface area contributed by atoms with Gasteiger partial charge in [-0.25, -0.2) is 0 Å². The second-order valence-electron chi connectivity index (χ2n) is 10.9. The van der Waals surface area contributed by atoms with Gasteiger partial charge in [-0.2, -0.15) is 0 Å². The lowest BCUT2D eigenvalue weighted by molar-refractivity contribution is -0.385. The highest BCUT2D eigenvalue weighted by molar-refractivity contribution is 6.46. The van der Waals surface area contributed by atoms with Crippen molar-refractivity contribution in [1.82, 2.24) is 4.90 Å². The van der Waals surface area contributed by atoms with Crippen LogP contribution in [0.15, 0.2) is 54.1 Å². The number of nitro groups is 1. The third-order valence-corrected chi connectivity index (χ3v) is 8.09. The van der Waals surface area contributed by atoms with Gasteiger partial charge in [0.25, 0.3) is 17.4 Å². The number of aliphatic hydroxyl groups excluding tert-OH is 1. The van der Waals surface area contributed by atoms with Crippen molar-refractivity contribution >= 4 is 34.7 Å². The molecule has 0 aliphatic carbocycles. The number of hydrogen-bond acceptors (Lipinski definition) is 5. The zero-order valence-corrected chi connectivity index (χ0v) is 24.9. The predicted octanol–water partition coefficient (Wildman–Crippen LogP) is 9.15. The number of unbranched alkanes of at least 4 members (excludes halogenated alkanes) is 13. The SMILES string of the molecule is CCCCCCCCCCCCCCCCN1C(=O)C(=O)/C(=C(/O)c2ccc(Cl)cc2)[C@@H]1c1ccccc1[N+](=O)[O-]. The molecule has 7 nitrogen and oxygen atoms in total. The average Bonchev–Trinajstić information content (AvgIpc) is 3.22. The van der Waals surface area contributed by atoms with Crippen LogP contribution in [-0.4, -0.2) is 33.2 Å². The van der Waals surface area contributed by atoms with Gasteiger partial charge in [-0.3, -0.25) is 19.7 Å². The molecule has 0 spiro atoms. The Labute approximate surface area is 248 Å². The number of nitrogens with zero attached hydrogens (tertiary/aromatic N) is 2. The van der Waals surface area contributed by atoms with Crippen LogP contribution in [0.5, 0.6) is 0 Å². The van der Waals surface area contributed by atoms with E-state index < -0.39 is 22.7 Å². The summed E-state index contributed by atoms with van der Waals surface area (Å²) in [6.45, 7) is 2.52. The molecule has 1 amide bonds. The van der Waals surface area contributed by atoms with E-state index in [2.05, 4.69) is 6.92 Å². The monoisotopic (exact) mass is 582 g/mol. The summed E-state index contributed by atoms with van der Waals surface area (Å²) in [5.41, 5.74) is 0.175. The summed E-state index contributed by atoms with van der Waals surface area (Å²) >= 11 is 5.98. The number of hydrogen-bond donors (Lipinski definition) is 1. The minimum absolute atomic E-state index is 0.142. The first-order valence-corrected chi connectivity index (χ1v) is 15.5. The first-order valence-electron chi connectivity index (χ1n) is 15.1. The Kier molecular flexibility index (Phi) is 13.3. The van der Waals surface area contributed by atoms with Crippen LogP contribution in [0.25, 0.3) is 5.76 Å². The molecule has 2 aromatic rings. The number of Topliss-reactive ketones (excluding diaryl/α,β-unsaturated/α-hetero) is 1. The van der Waals surface area contributed by atoms with E-state index in [1.54, 1.807) is 42.5 Å². The standard InChI is InChI=1S/C33H43ClN2O5/c1-2-3-4-5-6-7-8-9-10-11-12-13-14-17-24-35-30(27-18-15-16-19-28(27)36(40)41)29(32(38)33(35)39)31(37)25-20-22-26(34)23-21-25/h15-16,18-23,30,37H,2-14,17,24H2,1H3/b31-29+/t30-/m0/s1. The third kappa shape index (κ3) is 9.15. The molecule has 1 fully saturated rings. The first-order chi connectivity index (χ1) is 19.9. The van der Waals surface area contributed by atoms with Gasteiger partial charge in [0, 0.05) is 23.2 Å². The van der Waals surface area contributed by atoms with E-state index >= 15 is 0 Å². The van der Waals surface area contributed by atoms with Crippen molar-refractivity contribution in [2.45, 2.75) is 103 Å². The normalized spacial score (nSPS) is 16.4. The quantitative estimate of drug-likeness (QED) is 0.0471. The minimum atomic E-state index is -1.05. The minimum Gasteiger partial charge on any atom is -0.507 e. The van der Waals surface area contributed by atoms with Crippen LogP contribution >= 0.6 is 11.6 Å². The molecule has 0 saturated carbocycles. The summed E-state index contributed by atoms with van der Waals surface area (Å²) in [6.07, 6.45) is 16.8. The zero-order chi connectivity index (χ0) is 29.6. The summed E-state index contributed by atoms with van der Waals surface area (Å²) < 4.78 is 0. The van der Waals surface area contributed by atoms with Crippen LogP contribution in [0.2, 0.25) is 5.02 Å². The fraction of sp³-hybridized carbons (Fsp3) is 0.515. The molecule has 0 bridgehead atoms. The van der Waals surface area contributed by atoms with Crippen molar-refractivity contribution in [3.63, 3.8) is 0 Å². The number of carbonyl (C=O) groups is 2. The molecular weight excluding hydrogens is 540 g/mol. The van der Waals surface area contributed by atoms with Crippen LogP contribution < -0.4 is 0 Å². The van der Waals surface area contributed by atoms with Crippen molar-refractivity contribution in [2.24, 2.45) is 0 Å². The molecule has 1 aliphatic rings. The maximum atomic E-state index is 13.2. The van der Waals surface area contributed by atoms with E-state index in [0.29, 0.717) is 17.0 Å². The smallest absolute Gasteiger partial charge is 0.295 e. The number of halogens is 1. The van der Waals surface area contributed by atoms with Crippen molar-refractivity contribution in [2.75, 3.05) is 6.54 Å². The van der Waals surface area contributed by atoms with E-state index in [9.17, 15) is 24.8 Å². The van der Waals surface area contributed by atoms with Gasteiger partial charge < -0.3 is 10.0 Å². The summed E-state index contributed by atoms with van der Waals surface area (Å²) in [7, 11) is 0. The number of para-hydroxylation sites is 1. The van der Waals surface area contributed by atoms with Crippen LogP contribution in [-0.2, 0) is 9.59 Å². The molecule has 222 valence electrons. The van der Waals surface area contributed by atoms with Crippen molar-refractivity contribution in [3.05, 3.63) is 80.4 Å². The molecule has 1 aliphatic heterocycles. The fourth-order valence-corrected chi connectivity index (χ4v) is 5.68. The number of ketones is 1. The van der Waals surface area contributed by atoms with Crippen molar-refractivity contribution in [3.8, 4) is 0 Å². The Morgan fingerprint density at radius 3 is 1.88 bits per heavy atom. The highest BCUT2D eigenvalue weighted by Crippen LogP contribution is 2.42. The van der Waals surface area contributed by atoms with Gasteiger partial charge in [0.05, 0.1) is 22.1 Å². The molecule has 41 heavy (non-hydrogen) atoms. The van der Waals surface area contributed by atoms with Gasteiger partial charge >= 0.3 is 0 Å². The second-order valence-corrected chi connectivity index (χ2v) is 11.3. The third-order valence-electron chi connectivity index (χ3n) is 7.84. The molecular formula is C33H43ClN2O5. The summed E-state index contributed by atoms with van der Waals surface area (Å²) in [5.74, 6) is -1.96. The van der Waals surface area contributed by atoms with Crippen LogP contribution in [0, 0.1) is 10.1 Å². The topological polar surface area (TPSA) is 101 Å². The number of likely N-dealkylation sites (tertiary alicyclic amines) is 1. The highest BCUT2D eigenvalue weighted by atomic mass is 35.5. The zero-order valence-electron chi connectivity index (χ0n) is 24.2. The van der Waals surface area contributed by atoms with Gasteiger partial charge in [-0.05, 0) is 36.8 Å². The van der Waals surface area contributed by atoms with Crippen LogP contribution in [0.4, 0.5) is 5.69 Å². The molecule has 1 heterocycles. The Bertz CT molecular complexity index is 1190. The highest BCUT2D eigenvalue weighted by Gasteiger charge is 2.47. The molecule has 2 aromatic carbocycles. The second kappa shape index (κ2) is 16.9. The van der Waals surface area contributed by atoms with E-state index in [4.69, 9.17) is 11.6 Å². The van der Waals surface area contributed by atoms with Gasteiger partial charge in [-0.1, -0.05) is 114 Å². The van der Waals surface area contributed by atoms with Crippen LogP contribution in [0.1, 0.15) is 114 Å². The van der Waals surface area contributed by atoms with Crippen molar-refractivity contribution in [1.29, 1.82) is 0 Å². The van der Waals surface area contributed by atoms with Crippen LogP contribution in [0.3, 0.4) is 0 Å². The maximum Gasteiger partial charge on any atom is 0.295 e. The summed E-state index contributed by atoms with van der Waals surface area (Å²) in [4.78, 5) is 39.1. The van der Waals surface area contributed by atoms with Crippen molar-refractivity contribution < 1.29 is 19.6 Å². The largest absolute Gasteiger partial charge is 0.507 e. The predicted molar refractivity (Wildman–Crippen MR) is 164 cm³/mol. The lowest BCUT2D eigenvalue weighted by Gasteiger charge is -2.25. The van der Waals surface area contributed by atoms with E-state index in [0.717, 1.165) is 19.3 Å². The van der Waals surface area contributed by atoms with E-state index in [1.807, 2.05) is 0 Å². The Hall–Kier alpha value is -3.19. The molecule has 0 radical (unpaired) electrons. The number of carbonyl (C=O) groups excluding carboxylic acids is 2. The molecule has 0 aromatic heterocycles. The molecule has 3 rings (SSSR count). The Morgan fingerprint density at radius 1 is 0.829 bits per heavy atom. The van der Waals surface area contributed by atoms with Gasteiger partial charge in [0.2, 0.25) is 0 Å². The Morgan fingerprint density at radius 2 is 1.34 bits per heavy atom. The average molecular weight is 583 g/mol. The number of amides is 1. The number of benzene rings is 2. The van der Waals surface area contributed by atoms with Gasteiger partial charge in [0.1, 0.15) is 5.76 Å². The molecule has 1 saturated heterocycles. The lowest BCUT2D eigenvalue weighted by atomic mass is 9.94. The lowest BCUT2D eigenvalue weighted by Crippen LogP contribution is -2.31. The van der Waals surface area contributed by atoms with Gasteiger partial charge in [0.15, 0.2) is 0 Å². The first kappa shape index (κ1) is 32.3. The number of rotatable bonds is 18. The molecule has 1 atom stereocenters. The van der Waals surface area contributed by atoms with E-state index in [-0.39, 0.29) is 29.1 Å². The molecule has 1 N–H and O–H groups in total. The van der Waals surface area contributed by atoms with Gasteiger partial charge in [-0.15, -0.1) is 0 Å². The number of aliphatic hydroxyl groups is 1. The van der Waals surface area contributed by atoms with E-state index in [1.165, 1.54) is 75.2 Å². The Balaban J connectivity index is 1.61. The fourth-order valence-electron chi connectivity index (χ4n) is 5.56.